The van der Waals surface area contributed by atoms with Crippen molar-refractivity contribution < 1.29 is 29.1 Å². The van der Waals surface area contributed by atoms with Gasteiger partial charge in [-0.05, 0) is 26.0 Å². The van der Waals surface area contributed by atoms with Crippen LogP contribution in [0.2, 0.25) is 0 Å². The van der Waals surface area contributed by atoms with Crippen molar-refractivity contribution in [2.45, 2.75) is 38.3 Å². The summed E-state index contributed by atoms with van der Waals surface area (Å²) < 4.78 is 0. The summed E-state index contributed by atoms with van der Waals surface area (Å²) in [5.74, 6) is -2.01. The number of primary amides is 1. The molecule has 0 radical (unpaired) electrons. The largest absolute Gasteiger partial charge is 0.387 e. The number of carbonyl (C=O) groups is 3. The Morgan fingerprint density at radius 2 is 1.92 bits per heavy atom. The smallest absolute Gasteiger partial charge is 0.279 e. The number of nitro groups is 2. The molecule has 0 aromatic heterocycles. The van der Waals surface area contributed by atoms with Gasteiger partial charge in [0.2, 0.25) is 5.91 Å². The van der Waals surface area contributed by atoms with Crippen LogP contribution < -0.4 is 11.1 Å². The monoisotopic (exact) mass is 536 g/mol. The summed E-state index contributed by atoms with van der Waals surface area (Å²) in [4.78, 5) is 65.9. The standard InChI is InChI=1S/C25H24N6O8/c1-13(2)23(33)27-16-6-4-5-15(7-16)19-10-25(39-28-19)11-21(22(26)32)29(12-25)24(34)18-8-17(30(35)36)9-20(14(18)3)31(37)38/h4-9,21H,1,10-12H2,2-3H3,(H2,26,32)(H,27,33)/t21-,25?/m0/s1. The van der Waals surface area contributed by atoms with Gasteiger partial charge in [-0.1, -0.05) is 23.9 Å². The van der Waals surface area contributed by atoms with Gasteiger partial charge in [-0.2, -0.15) is 0 Å². The SMILES string of the molecule is C=C(C)C(=O)Nc1cccc(C2=NOC3(C2)C[C@@H](C(N)=O)N(C(=O)c2cc([N+](=O)[O-])cc([N+](=O)[O-])c2C)C3)c1. The first-order chi connectivity index (χ1) is 18.3. The first-order valence-electron chi connectivity index (χ1n) is 11.7. The molecule has 39 heavy (non-hydrogen) atoms. The Morgan fingerprint density at radius 1 is 1.21 bits per heavy atom. The van der Waals surface area contributed by atoms with E-state index in [4.69, 9.17) is 10.6 Å². The van der Waals surface area contributed by atoms with Crippen LogP contribution in [0.4, 0.5) is 17.1 Å². The Kier molecular flexibility index (Phi) is 6.87. The van der Waals surface area contributed by atoms with Crippen LogP contribution in [-0.4, -0.2) is 56.4 Å². The van der Waals surface area contributed by atoms with Crippen molar-refractivity contribution in [2.24, 2.45) is 10.9 Å². The summed E-state index contributed by atoms with van der Waals surface area (Å²) in [6, 6.07) is 7.42. The van der Waals surface area contributed by atoms with Gasteiger partial charge in [0.1, 0.15) is 6.04 Å². The Bertz CT molecular complexity index is 1480. The molecule has 0 bridgehead atoms. The topological polar surface area (TPSA) is 200 Å². The highest BCUT2D eigenvalue weighted by Crippen LogP contribution is 2.40. The molecule has 14 nitrogen and oxygen atoms in total. The van der Waals surface area contributed by atoms with Crippen molar-refractivity contribution in [2.75, 3.05) is 11.9 Å². The average molecular weight is 537 g/mol. The molecule has 2 aliphatic rings. The third-order valence-electron chi connectivity index (χ3n) is 6.67. The van der Waals surface area contributed by atoms with E-state index in [1.54, 1.807) is 31.2 Å². The predicted octanol–water partition coefficient (Wildman–Crippen LogP) is 2.59. The predicted molar refractivity (Wildman–Crippen MR) is 138 cm³/mol. The molecule has 1 saturated heterocycles. The molecule has 0 saturated carbocycles. The molecule has 1 fully saturated rings. The van der Waals surface area contributed by atoms with Gasteiger partial charge in [0.25, 0.3) is 23.2 Å². The molecule has 0 aliphatic carbocycles. The number of nitrogens with two attached hydrogens (primary N) is 1. The highest BCUT2D eigenvalue weighted by molar-refractivity contribution is 6.06. The summed E-state index contributed by atoms with van der Waals surface area (Å²) in [7, 11) is 0. The lowest BCUT2D eigenvalue weighted by Crippen LogP contribution is -2.44. The maximum absolute atomic E-state index is 13.6. The van der Waals surface area contributed by atoms with E-state index in [2.05, 4.69) is 17.1 Å². The van der Waals surface area contributed by atoms with E-state index in [1.807, 2.05) is 0 Å². The van der Waals surface area contributed by atoms with Crippen LogP contribution in [-0.2, 0) is 14.4 Å². The molecular formula is C25H24N6O8. The number of oxime groups is 1. The Hall–Kier alpha value is -5.14. The summed E-state index contributed by atoms with van der Waals surface area (Å²) >= 11 is 0. The number of hydrogen-bond acceptors (Lipinski definition) is 9. The van der Waals surface area contributed by atoms with E-state index in [-0.39, 0.29) is 36.4 Å². The third-order valence-corrected chi connectivity index (χ3v) is 6.67. The molecule has 14 heteroatoms. The first kappa shape index (κ1) is 26.9. The summed E-state index contributed by atoms with van der Waals surface area (Å²) in [6.07, 6.45) is 0.176. The number of anilines is 1. The van der Waals surface area contributed by atoms with Gasteiger partial charge in [-0.3, -0.25) is 34.6 Å². The zero-order chi connectivity index (χ0) is 28.6. The van der Waals surface area contributed by atoms with E-state index in [0.717, 1.165) is 17.0 Å². The van der Waals surface area contributed by atoms with Gasteiger partial charge < -0.3 is 20.8 Å². The van der Waals surface area contributed by atoms with Gasteiger partial charge in [-0.25, -0.2) is 0 Å². The molecule has 3 amide bonds. The minimum atomic E-state index is -1.15. The Balaban J connectivity index is 1.61. The van der Waals surface area contributed by atoms with E-state index in [9.17, 15) is 34.6 Å². The van der Waals surface area contributed by atoms with Gasteiger partial charge in [0.05, 0.1) is 33.7 Å². The molecule has 2 aromatic rings. The second-order valence-corrected chi connectivity index (χ2v) is 9.51. The van der Waals surface area contributed by atoms with Gasteiger partial charge in [-0.15, -0.1) is 0 Å². The minimum absolute atomic E-state index is 0.0107. The van der Waals surface area contributed by atoms with E-state index < -0.39 is 44.7 Å². The summed E-state index contributed by atoms with van der Waals surface area (Å²) in [5.41, 5.74) is 4.83. The van der Waals surface area contributed by atoms with Crippen LogP contribution in [0.1, 0.15) is 41.3 Å². The normalized spacial score (nSPS) is 19.8. The first-order valence-corrected chi connectivity index (χ1v) is 11.7. The van der Waals surface area contributed by atoms with Crippen molar-refractivity contribution >= 4 is 40.5 Å². The van der Waals surface area contributed by atoms with Crippen molar-refractivity contribution in [3.05, 3.63) is 85.5 Å². The van der Waals surface area contributed by atoms with Gasteiger partial charge >= 0.3 is 0 Å². The zero-order valence-corrected chi connectivity index (χ0v) is 21.0. The van der Waals surface area contributed by atoms with E-state index in [0.29, 0.717) is 22.5 Å². The van der Waals surface area contributed by atoms with Crippen molar-refractivity contribution in [3.63, 3.8) is 0 Å². The van der Waals surface area contributed by atoms with Gasteiger partial charge in [0.15, 0.2) is 5.60 Å². The second-order valence-electron chi connectivity index (χ2n) is 9.51. The van der Waals surface area contributed by atoms with Crippen LogP contribution in [0, 0.1) is 27.2 Å². The van der Waals surface area contributed by atoms with Crippen LogP contribution in [0.15, 0.2) is 53.7 Å². The number of hydrogen-bond donors (Lipinski definition) is 2. The number of rotatable bonds is 7. The molecule has 4 rings (SSSR count). The highest BCUT2D eigenvalue weighted by Gasteiger charge is 2.53. The molecule has 3 N–H and O–H groups in total. The van der Waals surface area contributed by atoms with E-state index in [1.165, 1.54) is 6.92 Å². The lowest BCUT2D eigenvalue weighted by molar-refractivity contribution is -0.394. The van der Waals surface area contributed by atoms with Crippen LogP contribution in [0.5, 0.6) is 0 Å². The average Bonchev–Trinajstić information content (AvgIpc) is 3.47. The minimum Gasteiger partial charge on any atom is -0.387 e. The fraction of sp³-hybridized carbons (Fsp3) is 0.280. The Morgan fingerprint density at radius 3 is 2.54 bits per heavy atom. The second kappa shape index (κ2) is 9.96. The lowest BCUT2D eigenvalue weighted by Gasteiger charge is -2.23. The highest BCUT2D eigenvalue weighted by atomic mass is 16.7. The van der Waals surface area contributed by atoms with Crippen molar-refractivity contribution in [1.29, 1.82) is 0 Å². The number of nitro benzene ring substituents is 2. The number of benzene rings is 2. The number of nitrogens with one attached hydrogen (secondary N) is 1. The lowest BCUT2D eigenvalue weighted by atomic mass is 9.91. The molecule has 2 atom stereocenters. The molecule has 2 aromatic carbocycles. The molecule has 2 heterocycles. The molecule has 2 aliphatic heterocycles. The zero-order valence-electron chi connectivity index (χ0n) is 21.0. The quantitative estimate of drug-likeness (QED) is 0.305. The maximum atomic E-state index is 13.6. The maximum Gasteiger partial charge on any atom is 0.279 e. The van der Waals surface area contributed by atoms with Crippen LogP contribution in [0.25, 0.3) is 0 Å². The fourth-order valence-electron chi connectivity index (χ4n) is 4.66. The summed E-state index contributed by atoms with van der Waals surface area (Å²) in [6.45, 7) is 6.33. The number of amides is 3. The number of non-ortho nitro benzene ring substituents is 1. The van der Waals surface area contributed by atoms with Gasteiger partial charge in [0, 0.05) is 41.3 Å². The number of nitrogens with zero attached hydrogens (tertiary/aromatic N) is 4. The van der Waals surface area contributed by atoms with Crippen molar-refractivity contribution in [1.82, 2.24) is 4.90 Å². The summed E-state index contributed by atoms with van der Waals surface area (Å²) in [5, 5.41) is 29.7. The molecular weight excluding hydrogens is 512 g/mol. The third kappa shape index (κ3) is 5.16. The molecule has 202 valence electrons. The van der Waals surface area contributed by atoms with Crippen LogP contribution in [0.3, 0.4) is 0 Å². The number of likely N-dealkylation sites (tertiary alicyclic amines) is 1. The fourth-order valence-corrected chi connectivity index (χ4v) is 4.66. The van der Waals surface area contributed by atoms with Crippen molar-refractivity contribution in [3.8, 4) is 0 Å². The molecule has 1 spiro atoms. The van der Waals surface area contributed by atoms with E-state index >= 15 is 0 Å². The molecule has 1 unspecified atom stereocenters. The Labute approximate surface area is 221 Å². The number of carbonyl (C=O) groups excluding carboxylic acids is 3. The van der Waals surface area contributed by atoms with Crippen LogP contribution >= 0.6 is 0 Å².